The third-order valence-electron chi connectivity index (χ3n) is 3.37. The highest BCUT2D eigenvalue weighted by atomic mass is 15.0. The zero-order valence-electron chi connectivity index (χ0n) is 11.7. The zero-order valence-corrected chi connectivity index (χ0v) is 11.7. The summed E-state index contributed by atoms with van der Waals surface area (Å²) in [5.74, 6) is 0.944. The van der Waals surface area contributed by atoms with Gasteiger partial charge in [-0.15, -0.1) is 0 Å². The van der Waals surface area contributed by atoms with Gasteiger partial charge in [-0.2, -0.15) is 0 Å². The van der Waals surface area contributed by atoms with Crippen LogP contribution in [0.4, 0.5) is 5.82 Å². The SMILES string of the molecule is Cc1ccc2cc(C)c(NCc3ccncc3)nc2c1. The molecule has 0 aliphatic carbocycles. The quantitative estimate of drug-likeness (QED) is 0.779. The lowest BCUT2D eigenvalue weighted by atomic mass is 10.1. The monoisotopic (exact) mass is 263 g/mol. The van der Waals surface area contributed by atoms with Crippen molar-refractivity contribution in [1.82, 2.24) is 9.97 Å². The number of nitrogens with one attached hydrogen (secondary N) is 1. The maximum absolute atomic E-state index is 4.72. The highest BCUT2D eigenvalue weighted by Gasteiger charge is 2.03. The predicted molar refractivity (Wildman–Crippen MR) is 82.8 cm³/mol. The number of aryl methyl sites for hydroxylation is 2. The summed E-state index contributed by atoms with van der Waals surface area (Å²) in [6.45, 7) is 4.93. The molecule has 3 rings (SSSR count). The van der Waals surface area contributed by atoms with Crippen LogP contribution in [0.2, 0.25) is 0 Å². The average Bonchev–Trinajstić information content (AvgIpc) is 2.46. The van der Waals surface area contributed by atoms with Gasteiger partial charge in [0.25, 0.3) is 0 Å². The van der Waals surface area contributed by atoms with E-state index in [1.165, 1.54) is 16.5 Å². The van der Waals surface area contributed by atoms with Gasteiger partial charge >= 0.3 is 0 Å². The standard InChI is InChI=1S/C17H17N3/c1-12-3-4-15-10-13(2)17(20-16(15)9-12)19-11-14-5-7-18-8-6-14/h3-10H,11H2,1-2H3,(H,19,20). The van der Waals surface area contributed by atoms with Crippen LogP contribution in [0.15, 0.2) is 48.8 Å². The lowest BCUT2D eigenvalue weighted by Gasteiger charge is -2.10. The number of pyridine rings is 2. The summed E-state index contributed by atoms with van der Waals surface area (Å²) < 4.78 is 0. The van der Waals surface area contributed by atoms with Gasteiger partial charge in [-0.1, -0.05) is 12.1 Å². The molecule has 100 valence electrons. The first-order valence-corrected chi connectivity index (χ1v) is 6.73. The lowest BCUT2D eigenvalue weighted by molar-refractivity contribution is 1.09. The largest absolute Gasteiger partial charge is 0.366 e. The second-order valence-electron chi connectivity index (χ2n) is 5.06. The van der Waals surface area contributed by atoms with E-state index in [0.717, 1.165) is 23.4 Å². The van der Waals surface area contributed by atoms with E-state index in [1.807, 2.05) is 12.1 Å². The summed E-state index contributed by atoms with van der Waals surface area (Å²) in [5, 5.41) is 4.58. The number of hydrogen-bond donors (Lipinski definition) is 1. The summed E-state index contributed by atoms with van der Waals surface area (Å²) in [4.78, 5) is 8.75. The van der Waals surface area contributed by atoms with Gasteiger partial charge in [0.1, 0.15) is 5.82 Å². The van der Waals surface area contributed by atoms with E-state index < -0.39 is 0 Å². The Labute approximate surface area is 118 Å². The van der Waals surface area contributed by atoms with Crippen molar-refractivity contribution in [3.05, 3.63) is 65.5 Å². The van der Waals surface area contributed by atoms with E-state index in [2.05, 4.69) is 48.4 Å². The van der Waals surface area contributed by atoms with Crippen molar-refractivity contribution in [2.75, 3.05) is 5.32 Å². The molecule has 0 aliphatic rings. The maximum atomic E-state index is 4.72. The van der Waals surface area contributed by atoms with Gasteiger partial charge in [0.15, 0.2) is 0 Å². The van der Waals surface area contributed by atoms with Crippen molar-refractivity contribution in [2.45, 2.75) is 20.4 Å². The smallest absolute Gasteiger partial charge is 0.129 e. The first-order valence-electron chi connectivity index (χ1n) is 6.73. The molecule has 0 saturated heterocycles. The van der Waals surface area contributed by atoms with Gasteiger partial charge in [-0.25, -0.2) is 4.98 Å². The molecule has 3 nitrogen and oxygen atoms in total. The fraction of sp³-hybridized carbons (Fsp3) is 0.176. The molecule has 0 bridgehead atoms. The van der Waals surface area contributed by atoms with E-state index in [1.54, 1.807) is 12.4 Å². The fourth-order valence-corrected chi connectivity index (χ4v) is 2.25. The van der Waals surface area contributed by atoms with E-state index in [4.69, 9.17) is 4.98 Å². The van der Waals surface area contributed by atoms with Crippen LogP contribution >= 0.6 is 0 Å². The molecule has 0 radical (unpaired) electrons. The number of anilines is 1. The Hall–Kier alpha value is -2.42. The van der Waals surface area contributed by atoms with Gasteiger partial charge in [0.05, 0.1) is 5.52 Å². The molecule has 0 unspecified atom stereocenters. The van der Waals surface area contributed by atoms with Crippen LogP contribution in [0, 0.1) is 13.8 Å². The first kappa shape index (κ1) is 12.6. The Morgan fingerprint density at radius 3 is 2.60 bits per heavy atom. The van der Waals surface area contributed by atoms with Gasteiger partial charge in [-0.05, 0) is 54.8 Å². The van der Waals surface area contributed by atoms with Crippen LogP contribution in [0.3, 0.4) is 0 Å². The molecule has 2 heterocycles. The summed E-state index contributed by atoms with van der Waals surface area (Å²) in [7, 11) is 0. The Morgan fingerprint density at radius 1 is 1.00 bits per heavy atom. The number of hydrogen-bond acceptors (Lipinski definition) is 3. The van der Waals surface area contributed by atoms with Crippen LogP contribution < -0.4 is 5.32 Å². The average molecular weight is 263 g/mol. The Kier molecular flexibility index (Phi) is 3.33. The highest BCUT2D eigenvalue weighted by Crippen LogP contribution is 2.21. The van der Waals surface area contributed by atoms with E-state index in [-0.39, 0.29) is 0 Å². The highest BCUT2D eigenvalue weighted by molar-refractivity contribution is 5.82. The normalized spacial score (nSPS) is 10.7. The number of benzene rings is 1. The van der Waals surface area contributed by atoms with Crippen molar-refractivity contribution in [3.8, 4) is 0 Å². The van der Waals surface area contributed by atoms with Gasteiger partial charge < -0.3 is 5.32 Å². The van der Waals surface area contributed by atoms with Crippen LogP contribution in [0.25, 0.3) is 10.9 Å². The summed E-state index contributed by atoms with van der Waals surface area (Å²) in [6.07, 6.45) is 3.61. The molecular weight excluding hydrogens is 246 g/mol. The van der Waals surface area contributed by atoms with Crippen molar-refractivity contribution in [3.63, 3.8) is 0 Å². The molecule has 0 spiro atoms. The van der Waals surface area contributed by atoms with Crippen LogP contribution in [-0.2, 0) is 6.54 Å². The second kappa shape index (κ2) is 5.29. The molecule has 0 aliphatic heterocycles. The minimum absolute atomic E-state index is 0.758. The van der Waals surface area contributed by atoms with E-state index >= 15 is 0 Å². The van der Waals surface area contributed by atoms with E-state index in [9.17, 15) is 0 Å². The Bertz CT molecular complexity index is 736. The molecule has 0 saturated carbocycles. The Morgan fingerprint density at radius 2 is 1.80 bits per heavy atom. The summed E-state index contributed by atoms with van der Waals surface area (Å²) >= 11 is 0. The lowest BCUT2D eigenvalue weighted by Crippen LogP contribution is -2.03. The molecule has 20 heavy (non-hydrogen) atoms. The number of rotatable bonds is 3. The molecule has 0 fully saturated rings. The van der Waals surface area contributed by atoms with Crippen LogP contribution in [0.5, 0.6) is 0 Å². The molecule has 1 N–H and O–H groups in total. The molecule has 0 amide bonds. The number of nitrogens with zero attached hydrogens (tertiary/aromatic N) is 2. The molecular formula is C17H17N3. The van der Waals surface area contributed by atoms with Gasteiger partial charge in [0, 0.05) is 24.3 Å². The minimum atomic E-state index is 0.758. The van der Waals surface area contributed by atoms with E-state index in [0.29, 0.717) is 0 Å². The molecule has 3 aromatic rings. The number of aromatic nitrogens is 2. The third-order valence-corrected chi connectivity index (χ3v) is 3.37. The van der Waals surface area contributed by atoms with Crippen LogP contribution in [-0.4, -0.2) is 9.97 Å². The summed E-state index contributed by atoms with van der Waals surface area (Å²) in [6, 6.07) is 12.6. The molecule has 1 aromatic carbocycles. The Balaban J connectivity index is 1.89. The minimum Gasteiger partial charge on any atom is -0.366 e. The third kappa shape index (κ3) is 2.62. The van der Waals surface area contributed by atoms with Crippen molar-refractivity contribution in [1.29, 1.82) is 0 Å². The van der Waals surface area contributed by atoms with Crippen molar-refractivity contribution >= 4 is 16.7 Å². The first-order chi connectivity index (χ1) is 9.72. The molecule has 2 aromatic heterocycles. The van der Waals surface area contributed by atoms with Crippen molar-refractivity contribution < 1.29 is 0 Å². The number of fused-ring (bicyclic) bond motifs is 1. The zero-order chi connectivity index (χ0) is 13.9. The van der Waals surface area contributed by atoms with Crippen molar-refractivity contribution in [2.24, 2.45) is 0 Å². The molecule has 3 heteroatoms. The van der Waals surface area contributed by atoms with Gasteiger partial charge in [0.2, 0.25) is 0 Å². The molecule has 0 atom stereocenters. The topological polar surface area (TPSA) is 37.8 Å². The predicted octanol–water partition coefficient (Wildman–Crippen LogP) is 3.86. The second-order valence-corrected chi connectivity index (χ2v) is 5.06. The maximum Gasteiger partial charge on any atom is 0.129 e. The fourth-order valence-electron chi connectivity index (χ4n) is 2.25. The van der Waals surface area contributed by atoms with Crippen LogP contribution in [0.1, 0.15) is 16.7 Å². The van der Waals surface area contributed by atoms with Gasteiger partial charge in [-0.3, -0.25) is 4.98 Å². The summed E-state index contributed by atoms with van der Waals surface area (Å²) in [5.41, 5.74) is 4.63.